The van der Waals surface area contributed by atoms with Gasteiger partial charge in [0.15, 0.2) is 17.0 Å². The Hall–Kier alpha value is -2.50. The van der Waals surface area contributed by atoms with E-state index < -0.39 is 0 Å². The molecule has 0 amide bonds. The van der Waals surface area contributed by atoms with Crippen LogP contribution in [0.2, 0.25) is 0 Å². The van der Waals surface area contributed by atoms with Crippen LogP contribution in [-0.4, -0.2) is 32.6 Å². The molecule has 22 heavy (non-hydrogen) atoms. The Kier molecular flexibility index (Phi) is 3.03. The lowest BCUT2D eigenvalue weighted by atomic mass is 10.2. The number of hydrogen-bond donors (Lipinski definition) is 0. The van der Waals surface area contributed by atoms with Gasteiger partial charge >= 0.3 is 0 Å². The van der Waals surface area contributed by atoms with E-state index in [2.05, 4.69) is 19.9 Å². The molecular formula is C16H16FN5. The van der Waals surface area contributed by atoms with Crippen LogP contribution in [-0.2, 0) is 6.54 Å². The van der Waals surface area contributed by atoms with Crippen LogP contribution in [0.5, 0.6) is 0 Å². The molecule has 2 aromatic heterocycles. The molecule has 0 spiro atoms. The fraction of sp³-hybridized carbons (Fsp3) is 0.312. The highest BCUT2D eigenvalue weighted by Crippen LogP contribution is 2.31. The van der Waals surface area contributed by atoms with Crippen LogP contribution in [0.1, 0.15) is 18.4 Å². The molecule has 1 fully saturated rings. The van der Waals surface area contributed by atoms with Gasteiger partial charge in [-0.05, 0) is 18.9 Å². The van der Waals surface area contributed by atoms with Crippen LogP contribution < -0.4 is 4.90 Å². The molecule has 0 N–H and O–H groups in total. The molecule has 6 heteroatoms. The maximum Gasteiger partial charge on any atom is 0.165 e. The van der Waals surface area contributed by atoms with Crippen molar-refractivity contribution in [2.75, 3.05) is 11.9 Å². The van der Waals surface area contributed by atoms with Crippen molar-refractivity contribution in [1.29, 1.82) is 0 Å². The van der Waals surface area contributed by atoms with Crippen molar-refractivity contribution >= 4 is 17.0 Å². The van der Waals surface area contributed by atoms with Crippen LogP contribution >= 0.6 is 0 Å². The largest absolute Gasteiger partial charge is 0.355 e. The Morgan fingerprint density at radius 2 is 2.05 bits per heavy atom. The number of rotatable bonds is 4. The molecule has 1 aliphatic carbocycles. The third-order valence-corrected chi connectivity index (χ3v) is 4.11. The van der Waals surface area contributed by atoms with Gasteiger partial charge < -0.3 is 9.47 Å². The summed E-state index contributed by atoms with van der Waals surface area (Å²) in [5, 5.41) is 0. The highest BCUT2D eigenvalue weighted by atomic mass is 19.1. The molecule has 5 nitrogen and oxygen atoms in total. The van der Waals surface area contributed by atoms with Crippen LogP contribution in [0.4, 0.5) is 10.2 Å². The van der Waals surface area contributed by atoms with E-state index in [-0.39, 0.29) is 5.82 Å². The minimum absolute atomic E-state index is 0.214. The third-order valence-electron chi connectivity index (χ3n) is 4.11. The number of aromatic nitrogens is 4. The second kappa shape index (κ2) is 5.05. The zero-order chi connectivity index (χ0) is 15.1. The quantitative estimate of drug-likeness (QED) is 0.742. The fourth-order valence-corrected chi connectivity index (χ4v) is 2.69. The lowest BCUT2D eigenvalue weighted by Crippen LogP contribution is -2.21. The predicted molar refractivity (Wildman–Crippen MR) is 82.3 cm³/mol. The Balaban J connectivity index is 1.74. The van der Waals surface area contributed by atoms with Gasteiger partial charge in [0.1, 0.15) is 12.1 Å². The first-order valence-corrected chi connectivity index (χ1v) is 7.36. The zero-order valence-corrected chi connectivity index (χ0v) is 12.3. The van der Waals surface area contributed by atoms with Crippen molar-refractivity contribution in [1.82, 2.24) is 19.5 Å². The van der Waals surface area contributed by atoms with Crippen LogP contribution in [0.25, 0.3) is 11.2 Å². The third kappa shape index (κ3) is 2.20. The van der Waals surface area contributed by atoms with Crippen molar-refractivity contribution in [3.8, 4) is 0 Å². The summed E-state index contributed by atoms with van der Waals surface area (Å²) in [5.74, 6) is 0.633. The van der Waals surface area contributed by atoms with Crippen LogP contribution in [0.15, 0.2) is 36.9 Å². The van der Waals surface area contributed by atoms with E-state index in [0.717, 1.165) is 17.0 Å². The van der Waals surface area contributed by atoms with Crippen molar-refractivity contribution in [3.63, 3.8) is 0 Å². The van der Waals surface area contributed by atoms with Crippen molar-refractivity contribution in [3.05, 3.63) is 48.3 Å². The van der Waals surface area contributed by atoms with E-state index in [9.17, 15) is 4.39 Å². The van der Waals surface area contributed by atoms with Gasteiger partial charge in [0, 0.05) is 18.7 Å². The van der Waals surface area contributed by atoms with Gasteiger partial charge in [-0.15, -0.1) is 0 Å². The molecule has 0 atom stereocenters. The summed E-state index contributed by atoms with van der Waals surface area (Å²) >= 11 is 0. The second-order valence-corrected chi connectivity index (χ2v) is 5.68. The van der Waals surface area contributed by atoms with E-state index in [1.165, 1.54) is 18.9 Å². The molecular weight excluding hydrogens is 281 g/mol. The Bertz CT molecular complexity index is 824. The Morgan fingerprint density at radius 1 is 1.23 bits per heavy atom. The standard InChI is InChI=1S/C16H16FN5/c1-21(12-6-7-12)15-14-16(19-9-18-15)22(10-20-14)8-11-4-2-3-5-13(11)17/h2-5,9-10,12H,6-8H2,1H3. The number of benzene rings is 1. The summed E-state index contributed by atoms with van der Waals surface area (Å²) in [4.78, 5) is 15.3. The van der Waals surface area contributed by atoms with Gasteiger partial charge in [0.05, 0.1) is 12.9 Å². The Labute approximate surface area is 127 Å². The summed E-state index contributed by atoms with van der Waals surface area (Å²) in [6.45, 7) is 0.409. The molecule has 1 aliphatic rings. The topological polar surface area (TPSA) is 46.8 Å². The first-order valence-electron chi connectivity index (χ1n) is 7.36. The molecule has 4 rings (SSSR count). The van der Waals surface area contributed by atoms with Gasteiger partial charge in [-0.2, -0.15) is 0 Å². The summed E-state index contributed by atoms with van der Waals surface area (Å²) in [6, 6.07) is 7.32. The van der Waals surface area contributed by atoms with E-state index in [1.807, 2.05) is 17.7 Å². The maximum atomic E-state index is 13.8. The number of halogens is 1. The number of anilines is 1. The van der Waals surface area contributed by atoms with Gasteiger partial charge in [-0.1, -0.05) is 18.2 Å². The van der Waals surface area contributed by atoms with E-state index in [1.54, 1.807) is 24.8 Å². The average Bonchev–Trinajstić information content (AvgIpc) is 3.31. The lowest BCUT2D eigenvalue weighted by Gasteiger charge is -2.17. The second-order valence-electron chi connectivity index (χ2n) is 5.68. The van der Waals surface area contributed by atoms with Crippen LogP contribution in [0, 0.1) is 5.82 Å². The van der Waals surface area contributed by atoms with Crippen molar-refractivity contribution in [2.24, 2.45) is 0 Å². The molecule has 0 unspecified atom stereocenters. The highest BCUT2D eigenvalue weighted by Gasteiger charge is 2.29. The zero-order valence-electron chi connectivity index (χ0n) is 12.3. The smallest absolute Gasteiger partial charge is 0.165 e. The first-order chi connectivity index (χ1) is 10.7. The molecule has 3 aromatic rings. The minimum atomic E-state index is -0.214. The average molecular weight is 297 g/mol. The van der Waals surface area contributed by atoms with Gasteiger partial charge in [-0.3, -0.25) is 0 Å². The number of fused-ring (bicyclic) bond motifs is 1. The molecule has 0 radical (unpaired) electrons. The SMILES string of the molecule is CN(c1ncnc2c1ncn2Cc1ccccc1F)C1CC1. The summed E-state index contributed by atoms with van der Waals surface area (Å²) in [7, 11) is 2.04. The van der Waals surface area contributed by atoms with Crippen LogP contribution in [0.3, 0.4) is 0 Å². The molecule has 0 aliphatic heterocycles. The first kappa shape index (κ1) is 13.2. The Morgan fingerprint density at radius 3 is 2.82 bits per heavy atom. The fourth-order valence-electron chi connectivity index (χ4n) is 2.69. The lowest BCUT2D eigenvalue weighted by molar-refractivity contribution is 0.601. The summed E-state index contributed by atoms with van der Waals surface area (Å²) < 4.78 is 15.7. The summed E-state index contributed by atoms with van der Waals surface area (Å²) in [6.07, 6.45) is 5.64. The molecule has 1 saturated carbocycles. The van der Waals surface area contributed by atoms with Crippen molar-refractivity contribution < 1.29 is 4.39 Å². The van der Waals surface area contributed by atoms with E-state index in [0.29, 0.717) is 18.2 Å². The monoisotopic (exact) mass is 297 g/mol. The number of imidazole rings is 1. The summed E-state index contributed by atoms with van der Waals surface area (Å²) in [5.41, 5.74) is 2.13. The molecule has 0 saturated heterocycles. The number of hydrogen-bond acceptors (Lipinski definition) is 4. The molecule has 1 aromatic carbocycles. The van der Waals surface area contributed by atoms with Gasteiger partial charge in [0.25, 0.3) is 0 Å². The normalized spacial score (nSPS) is 14.5. The van der Waals surface area contributed by atoms with E-state index >= 15 is 0 Å². The van der Waals surface area contributed by atoms with E-state index in [4.69, 9.17) is 0 Å². The molecule has 112 valence electrons. The molecule has 2 heterocycles. The minimum Gasteiger partial charge on any atom is -0.355 e. The number of nitrogens with zero attached hydrogens (tertiary/aromatic N) is 5. The van der Waals surface area contributed by atoms with Crippen molar-refractivity contribution in [2.45, 2.75) is 25.4 Å². The highest BCUT2D eigenvalue weighted by molar-refractivity contribution is 5.83. The predicted octanol–water partition coefficient (Wildman–Crippen LogP) is 2.61. The maximum absolute atomic E-state index is 13.8. The van der Waals surface area contributed by atoms with Gasteiger partial charge in [0.2, 0.25) is 0 Å². The van der Waals surface area contributed by atoms with Gasteiger partial charge in [-0.25, -0.2) is 19.3 Å². The molecule has 0 bridgehead atoms.